The van der Waals surface area contributed by atoms with Gasteiger partial charge in [-0.3, -0.25) is 0 Å². The molecule has 0 nitrogen and oxygen atoms in total. The molecular weight excluding hydrogens is 360 g/mol. The average molecular weight is 397 g/mol. The highest BCUT2D eigenvalue weighted by atomic mass is 14.4. The Morgan fingerprint density at radius 2 is 0.600 bits per heavy atom. The lowest BCUT2D eigenvalue weighted by atomic mass is 9.65. The van der Waals surface area contributed by atoms with Crippen molar-refractivity contribution in [2.24, 2.45) is 0 Å². The van der Waals surface area contributed by atoms with Crippen LogP contribution in [0.25, 0.3) is 0 Å². The maximum atomic E-state index is 2.30. The van der Waals surface area contributed by atoms with Gasteiger partial charge < -0.3 is 0 Å². The maximum Gasteiger partial charge on any atom is -0.0145 e. The summed E-state index contributed by atoms with van der Waals surface area (Å²) in [5, 5.41) is 0. The molecule has 0 aliphatic heterocycles. The van der Waals surface area contributed by atoms with E-state index in [1.165, 1.54) is 52.6 Å². The van der Waals surface area contributed by atoms with Crippen LogP contribution in [-0.4, -0.2) is 0 Å². The molecule has 0 spiro atoms. The van der Waals surface area contributed by atoms with E-state index in [1.807, 2.05) is 0 Å². The van der Waals surface area contributed by atoms with E-state index in [2.05, 4.69) is 96.1 Å². The van der Waals surface area contributed by atoms with Crippen molar-refractivity contribution in [1.29, 1.82) is 0 Å². The average Bonchev–Trinajstić information content (AvgIpc) is 2.67. The van der Waals surface area contributed by atoms with Gasteiger partial charge in [-0.25, -0.2) is 0 Å². The van der Waals surface area contributed by atoms with Gasteiger partial charge in [0.2, 0.25) is 0 Å². The summed E-state index contributed by atoms with van der Waals surface area (Å²) in [5.74, 6) is 1.86. The minimum atomic E-state index is 0.618. The number of aryl methyl sites for hydroxylation is 6. The zero-order valence-electron chi connectivity index (χ0n) is 19.5. The van der Waals surface area contributed by atoms with Crippen molar-refractivity contribution in [2.45, 2.75) is 78.6 Å². The largest absolute Gasteiger partial charge is 0.0617 e. The number of hydrogen-bond donors (Lipinski definition) is 0. The Morgan fingerprint density at radius 1 is 0.400 bits per heavy atom. The first kappa shape index (κ1) is 20.9. The van der Waals surface area contributed by atoms with Gasteiger partial charge in [0.1, 0.15) is 0 Å². The Bertz CT molecular complexity index is 852. The molecule has 0 amide bonds. The Balaban J connectivity index is 1.83. The van der Waals surface area contributed by atoms with E-state index < -0.39 is 0 Å². The minimum absolute atomic E-state index is 0.618. The molecule has 1 aliphatic carbocycles. The van der Waals surface area contributed by atoms with Gasteiger partial charge in [0, 0.05) is 0 Å². The van der Waals surface area contributed by atoms with Crippen LogP contribution in [0.5, 0.6) is 0 Å². The zero-order valence-corrected chi connectivity index (χ0v) is 19.5. The first-order valence-corrected chi connectivity index (χ1v) is 11.5. The van der Waals surface area contributed by atoms with Gasteiger partial charge in [0.05, 0.1) is 0 Å². The summed E-state index contributed by atoms with van der Waals surface area (Å²) < 4.78 is 0. The molecule has 1 fully saturated rings. The second kappa shape index (κ2) is 8.42. The second-order valence-corrected chi connectivity index (χ2v) is 9.71. The van der Waals surface area contributed by atoms with Crippen molar-refractivity contribution >= 4 is 0 Å². The minimum Gasteiger partial charge on any atom is -0.0617 e. The molecule has 0 radical (unpaired) electrons. The standard InChI is InChI=1S/C30H36/c1-19-10-7-11-20(2)28(19)25-16-26(29-21(3)12-8-13-22(29)4)18-27(17-25)30-23(5)14-9-15-24(30)6/h7-15,25-27H,16-18H2,1-6H3. The Morgan fingerprint density at radius 3 is 0.800 bits per heavy atom. The normalized spacial score (nSPS) is 21.6. The van der Waals surface area contributed by atoms with E-state index in [9.17, 15) is 0 Å². The van der Waals surface area contributed by atoms with Crippen molar-refractivity contribution in [3.05, 3.63) is 105 Å². The molecule has 0 atom stereocenters. The highest BCUT2D eigenvalue weighted by Crippen LogP contribution is 2.51. The van der Waals surface area contributed by atoms with Crippen LogP contribution in [0.1, 0.15) is 87.1 Å². The summed E-state index contributed by atoms with van der Waals surface area (Å²) in [4.78, 5) is 0. The van der Waals surface area contributed by atoms with Gasteiger partial charge in [0.15, 0.2) is 0 Å². The van der Waals surface area contributed by atoms with Gasteiger partial charge in [0.25, 0.3) is 0 Å². The van der Waals surface area contributed by atoms with Crippen LogP contribution in [0.4, 0.5) is 0 Å². The monoisotopic (exact) mass is 396 g/mol. The lowest BCUT2D eigenvalue weighted by Gasteiger charge is -2.39. The van der Waals surface area contributed by atoms with Gasteiger partial charge in [-0.1, -0.05) is 54.6 Å². The maximum absolute atomic E-state index is 2.30. The molecule has 0 unspecified atom stereocenters. The molecule has 1 saturated carbocycles. The van der Waals surface area contributed by atoms with Crippen molar-refractivity contribution < 1.29 is 0 Å². The van der Waals surface area contributed by atoms with E-state index in [0.717, 1.165) is 0 Å². The lowest BCUT2D eigenvalue weighted by molar-refractivity contribution is 0.347. The topological polar surface area (TPSA) is 0 Å². The van der Waals surface area contributed by atoms with E-state index in [1.54, 1.807) is 16.7 Å². The molecule has 0 saturated heterocycles. The van der Waals surface area contributed by atoms with Crippen molar-refractivity contribution in [3.63, 3.8) is 0 Å². The van der Waals surface area contributed by atoms with E-state index in [4.69, 9.17) is 0 Å². The van der Waals surface area contributed by atoms with Crippen LogP contribution >= 0.6 is 0 Å². The third-order valence-electron chi connectivity index (χ3n) is 7.56. The SMILES string of the molecule is Cc1cccc(C)c1C1CC(c2c(C)cccc2C)CC(c2c(C)cccc2C)C1. The highest BCUT2D eigenvalue weighted by molar-refractivity contribution is 5.44. The van der Waals surface area contributed by atoms with Crippen molar-refractivity contribution in [2.75, 3.05) is 0 Å². The summed E-state index contributed by atoms with van der Waals surface area (Å²) in [6.45, 7) is 13.8. The molecule has 3 aromatic rings. The Labute approximate surface area is 183 Å². The third-order valence-corrected chi connectivity index (χ3v) is 7.56. The number of benzene rings is 3. The van der Waals surface area contributed by atoms with Crippen LogP contribution in [0.15, 0.2) is 54.6 Å². The zero-order chi connectivity index (χ0) is 21.4. The smallest absolute Gasteiger partial charge is 0.0145 e. The fraction of sp³-hybridized carbons (Fsp3) is 0.400. The number of rotatable bonds is 3. The van der Waals surface area contributed by atoms with Crippen LogP contribution in [0.3, 0.4) is 0 Å². The molecule has 0 heterocycles. The molecule has 4 rings (SSSR count). The lowest BCUT2D eigenvalue weighted by Crippen LogP contribution is -2.23. The second-order valence-electron chi connectivity index (χ2n) is 9.71. The summed E-state index contributed by atoms with van der Waals surface area (Å²) in [6, 6.07) is 20.5. The van der Waals surface area contributed by atoms with Gasteiger partial charge in [-0.05, 0) is 129 Å². The predicted octanol–water partition coefficient (Wildman–Crippen LogP) is 8.37. The fourth-order valence-corrected chi connectivity index (χ4v) is 6.44. The molecule has 0 bridgehead atoms. The predicted molar refractivity (Wildman–Crippen MR) is 130 cm³/mol. The van der Waals surface area contributed by atoms with Crippen LogP contribution in [-0.2, 0) is 0 Å². The first-order chi connectivity index (χ1) is 14.4. The van der Waals surface area contributed by atoms with Crippen LogP contribution in [0, 0.1) is 41.5 Å². The third kappa shape index (κ3) is 3.85. The highest BCUT2D eigenvalue weighted by Gasteiger charge is 2.34. The molecular formula is C30H36. The van der Waals surface area contributed by atoms with E-state index in [-0.39, 0.29) is 0 Å². The Hall–Kier alpha value is -2.34. The van der Waals surface area contributed by atoms with Crippen molar-refractivity contribution in [1.82, 2.24) is 0 Å². The first-order valence-electron chi connectivity index (χ1n) is 11.5. The van der Waals surface area contributed by atoms with E-state index >= 15 is 0 Å². The quantitative estimate of drug-likeness (QED) is 0.417. The van der Waals surface area contributed by atoms with Gasteiger partial charge in [-0.2, -0.15) is 0 Å². The summed E-state index contributed by atoms with van der Waals surface area (Å²) in [5.41, 5.74) is 13.6. The molecule has 0 N–H and O–H groups in total. The van der Waals surface area contributed by atoms with Gasteiger partial charge in [-0.15, -0.1) is 0 Å². The molecule has 30 heavy (non-hydrogen) atoms. The Kier molecular flexibility index (Phi) is 5.87. The molecule has 1 aliphatic rings. The van der Waals surface area contributed by atoms with Crippen LogP contribution in [0.2, 0.25) is 0 Å². The fourth-order valence-electron chi connectivity index (χ4n) is 6.44. The summed E-state index contributed by atoms with van der Waals surface area (Å²) in [6.07, 6.45) is 3.79. The van der Waals surface area contributed by atoms with E-state index in [0.29, 0.717) is 17.8 Å². The summed E-state index contributed by atoms with van der Waals surface area (Å²) >= 11 is 0. The molecule has 3 aromatic carbocycles. The molecule has 0 heteroatoms. The van der Waals surface area contributed by atoms with Crippen molar-refractivity contribution in [3.8, 4) is 0 Å². The van der Waals surface area contributed by atoms with Crippen LogP contribution < -0.4 is 0 Å². The number of hydrogen-bond acceptors (Lipinski definition) is 0. The summed E-state index contributed by atoms with van der Waals surface area (Å²) in [7, 11) is 0. The molecule has 156 valence electrons. The molecule has 0 aromatic heterocycles. The van der Waals surface area contributed by atoms with Gasteiger partial charge >= 0.3 is 0 Å².